The molecule has 6 heteroatoms. The largest absolute Gasteiger partial charge is 0.507 e. The van der Waals surface area contributed by atoms with Gasteiger partial charge in [0.2, 0.25) is 0 Å². The number of hydrogen-bond acceptors (Lipinski definition) is 5. The van der Waals surface area contributed by atoms with Gasteiger partial charge in [0.05, 0.1) is 24.8 Å². The van der Waals surface area contributed by atoms with Crippen LogP contribution in [-0.4, -0.2) is 30.0 Å². The fourth-order valence-electron chi connectivity index (χ4n) is 4.53. The predicted molar refractivity (Wildman–Crippen MR) is 154 cm³/mol. The standard InChI is InChI=1S/C33H37NO5/c1-20(2)18-38-27-9-7-8-24(17-27)30-29(32(36)33(37)34(30)26-13-10-22(5)11-14-26)31(35)25-12-15-28(23(6)16-25)39-19-21(3)4/h7-17,20-21,30,35H,18-19H2,1-6H3/b31-29+. The Balaban J connectivity index is 1.83. The Hall–Kier alpha value is -4.06. The van der Waals surface area contributed by atoms with Crippen molar-refractivity contribution in [1.82, 2.24) is 0 Å². The first-order valence-electron chi connectivity index (χ1n) is 13.4. The number of anilines is 1. The molecule has 1 fully saturated rings. The molecule has 0 saturated carbocycles. The van der Waals surface area contributed by atoms with Crippen molar-refractivity contribution < 1.29 is 24.2 Å². The number of amides is 1. The second kappa shape index (κ2) is 11.8. The first-order valence-corrected chi connectivity index (χ1v) is 13.4. The summed E-state index contributed by atoms with van der Waals surface area (Å²) >= 11 is 0. The third-order valence-corrected chi connectivity index (χ3v) is 6.53. The summed E-state index contributed by atoms with van der Waals surface area (Å²) < 4.78 is 11.8. The van der Waals surface area contributed by atoms with E-state index in [4.69, 9.17) is 9.47 Å². The molecular formula is C33H37NO5. The number of ether oxygens (including phenoxy) is 2. The fourth-order valence-corrected chi connectivity index (χ4v) is 4.53. The number of hydrogen-bond donors (Lipinski definition) is 1. The number of nitrogens with zero attached hydrogens (tertiary/aromatic N) is 1. The number of carbonyl (C=O) groups excluding carboxylic acids is 2. The minimum atomic E-state index is -0.826. The van der Waals surface area contributed by atoms with Gasteiger partial charge < -0.3 is 14.6 Å². The van der Waals surface area contributed by atoms with Crippen LogP contribution in [0.15, 0.2) is 72.3 Å². The van der Waals surface area contributed by atoms with E-state index >= 15 is 0 Å². The van der Waals surface area contributed by atoms with Gasteiger partial charge >= 0.3 is 0 Å². The highest BCUT2D eigenvalue weighted by Crippen LogP contribution is 2.43. The molecule has 3 aromatic carbocycles. The Labute approximate surface area is 230 Å². The molecule has 0 radical (unpaired) electrons. The molecule has 1 saturated heterocycles. The molecule has 1 aliphatic rings. The van der Waals surface area contributed by atoms with Crippen molar-refractivity contribution in [3.8, 4) is 11.5 Å². The molecule has 1 atom stereocenters. The molecule has 1 amide bonds. The fraction of sp³-hybridized carbons (Fsp3) is 0.333. The molecule has 1 aliphatic heterocycles. The lowest BCUT2D eigenvalue weighted by molar-refractivity contribution is -0.132. The van der Waals surface area contributed by atoms with E-state index < -0.39 is 17.7 Å². The van der Waals surface area contributed by atoms with E-state index in [0.29, 0.717) is 53.4 Å². The van der Waals surface area contributed by atoms with Crippen LogP contribution in [0.4, 0.5) is 5.69 Å². The van der Waals surface area contributed by atoms with Crippen LogP contribution >= 0.6 is 0 Å². The van der Waals surface area contributed by atoms with Gasteiger partial charge in [-0.15, -0.1) is 0 Å². The molecule has 1 heterocycles. The average molecular weight is 528 g/mol. The van der Waals surface area contributed by atoms with Crippen molar-refractivity contribution in [2.75, 3.05) is 18.1 Å². The lowest BCUT2D eigenvalue weighted by Gasteiger charge is -2.26. The van der Waals surface area contributed by atoms with Crippen LogP contribution in [0.5, 0.6) is 11.5 Å². The zero-order chi connectivity index (χ0) is 28.3. The van der Waals surface area contributed by atoms with Gasteiger partial charge in [-0.05, 0) is 79.3 Å². The maximum atomic E-state index is 13.5. The number of carbonyl (C=O) groups is 2. The number of rotatable bonds is 9. The van der Waals surface area contributed by atoms with Gasteiger partial charge in [0.15, 0.2) is 0 Å². The van der Waals surface area contributed by atoms with Crippen molar-refractivity contribution in [3.05, 3.63) is 94.6 Å². The van der Waals surface area contributed by atoms with Crippen molar-refractivity contribution in [3.63, 3.8) is 0 Å². The number of aryl methyl sites for hydroxylation is 2. The molecular weight excluding hydrogens is 490 g/mol. The van der Waals surface area contributed by atoms with Gasteiger partial charge in [-0.3, -0.25) is 14.5 Å². The Bertz CT molecular complexity index is 1390. The van der Waals surface area contributed by atoms with E-state index in [1.165, 1.54) is 4.90 Å². The van der Waals surface area contributed by atoms with Crippen LogP contribution in [0.2, 0.25) is 0 Å². The van der Waals surface area contributed by atoms with E-state index in [-0.39, 0.29) is 11.3 Å². The van der Waals surface area contributed by atoms with E-state index in [1.807, 2.05) is 62.4 Å². The topological polar surface area (TPSA) is 76.1 Å². The molecule has 1 unspecified atom stereocenters. The zero-order valence-corrected chi connectivity index (χ0v) is 23.5. The van der Waals surface area contributed by atoms with Crippen LogP contribution < -0.4 is 14.4 Å². The summed E-state index contributed by atoms with van der Waals surface area (Å²) in [4.78, 5) is 28.4. The van der Waals surface area contributed by atoms with Gasteiger partial charge in [0, 0.05) is 11.3 Å². The normalized spacial score (nSPS) is 16.8. The molecule has 4 rings (SSSR count). The van der Waals surface area contributed by atoms with E-state index in [1.54, 1.807) is 18.2 Å². The summed E-state index contributed by atoms with van der Waals surface area (Å²) in [6.07, 6.45) is 0. The van der Waals surface area contributed by atoms with Crippen molar-refractivity contribution >= 4 is 23.1 Å². The zero-order valence-electron chi connectivity index (χ0n) is 23.5. The second-order valence-electron chi connectivity index (χ2n) is 11.0. The smallest absolute Gasteiger partial charge is 0.300 e. The van der Waals surface area contributed by atoms with Crippen LogP contribution in [0.25, 0.3) is 5.76 Å². The summed E-state index contributed by atoms with van der Waals surface area (Å²) in [5.74, 6) is 0.417. The van der Waals surface area contributed by atoms with Gasteiger partial charge in [0.25, 0.3) is 11.7 Å². The molecule has 204 valence electrons. The minimum absolute atomic E-state index is 0.0387. The maximum absolute atomic E-state index is 13.5. The Morgan fingerprint density at radius 3 is 2.18 bits per heavy atom. The Morgan fingerprint density at radius 1 is 0.872 bits per heavy atom. The van der Waals surface area contributed by atoms with Crippen LogP contribution in [-0.2, 0) is 9.59 Å². The quantitative estimate of drug-likeness (QED) is 0.184. The Morgan fingerprint density at radius 2 is 1.54 bits per heavy atom. The molecule has 0 spiro atoms. The molecule has 39 heavy (non-hydrogen) atoms. The molecule has 0 aromatic heterocycles. The van der Waals surface area contributed by atoms with Gasteiger partial charge in [-0.2, -0.15) is 0 Å². The first kappa shape index (κ1) is 28.0. The number of aliphatic hydroxyl groups is 1. The van der Waals surface area contributed by atoms with Gasteiger partial charge in [-0.1, -0.05) is 57.5 Å². The Kier molecular flexibility index (Phi) is 8.44. The summed E-state index contributed by atoms with van der Waals surface area (Å²) in [5.41, 5.74) is 3.60. The first-order chi connectivity index (χ1) is 18.6. The van der Waals surface area contributed by atoms with E-state index in [2.05, 4.69) is 27.7 Å². The van der Waals surface area contributed by atoms with Crippen molar-refractivity contribution in [2.45, 2.75) is 47.6 Å². The second-order valence-corrected chi connectivity index (χ2v) is 11.0. The van der Waals surface area contributed by atoms with Crippen molar-refractivity contribution in [1.29, 1.82) is 0 Å². The number of ketones is 1. The van der Waals surface area contributed by atoms with Crippen LogP contribution in [0.1, 0.15) is 56.0 Å². The maximum Gasteiger partial charge on any atom is 0.300 e. The highest BCUT2D eigenvalue weighted by atomic mass is 16.5. The SMILES string of the molecule is Cc1ccc(N2C(=O)C(=O)/C(=C(/O)c3ccc(OCC(C)C)c(C)c3)C2c2cccc(OCC(C)C)c2)cc1. The predicted octanol–water partition coefficient (Wildman–Crippen LogP) is 7.00. The highest BCUT2D eigenvalue weighted by Gasteiger charge is 2.47. The van der Waals surface area contributed by atoms with Crippen molar-refractivity contribution in [2.24, 2.45) is 11.8 Å². The molecule has 6 nitrogen and oxygen atoms in total. The summed E-state index contributed by atoms with van der Waals surface area (Å²) in [6, 6.07) is 19.3. The highest BCUT2D eigenvalue weighted by molar-refractivity contribution is 6.51. The van der Waals surface area contributed by atoms with E-state index in [9.17, 15) is 14.7 Å². The number of benzene rings is 3. The average Bonchev–Trinajstić information content (AvgIpc) is 3.17. The third-order valence-electron chi connectivity index (χ3n) is 6.53. The van der Waals surface area contributed by atoms with Gasteiger partial charge in [0.1, 0.15) is 17.3 Å². The molecule has 1 N–H and O–H groups in total. The summed E-state index contributed by atoms with van der Waals surface area (Å²) in [6.45, 7) is 13.2. The summed E-state index contributed by atoms with van der Waals surface area (Å²) in [7, 11) is 0. The van der Waals surface area contributed by atoms with Crippen LogP contribution in [0, 0.1) is 25.7 Å². The molecule has 0 bridgehead atoms. The third kappa shape index (κ3) is 6.17. The monoisotopic (exact) mass is 527 g/mol. The van der Waals surface area contributed by atoms with Gasteiger partial charge in [-0.25, -0.2) is 0 Å². The minimum Gasteiger partial charge on any atom is -0.507 e. The lowest BCUT2D eigenvalue weighted by Crippen LogP contribution is -2.29. The van der Waals surface area contributed by atoms with E-state index in [0.717, 1.165) is 11.1 Å². The number of aliphatic hydroxyl groups excluding tert-OH is 1. The molecule has 3 aromatic rings. The summed E-state index contributed by atoms with van der Waals surface area (Å²) in [5, 5.41) is 11.5. The molecule has 0 aliphatic carbocycles. The lowest BCUT2D eigenvalue weighted by atomic mass is 9.94. The number of Topliss-reactive ketones (excluding diaryl/α,β-unsaturated/α-hetero) is 1. The van der Waals surface area contributed by atoms with Crippen LogP contribution in [0.3, 0.4) is 0 Å².